The number of carbonyl (C=O) groups excluding carboxylic acids is 2. The van der Waals surface area contributed by atoms with Crippen molar-refractivity contribution in [3.8, 4) is 0 Å². The third-order valence-corrected chi connectivity index (χ3v) is 6.70. The zero-order chi connectivity index (χ0) is 25.5. The van der Waals surface area contributed by atoms with Crippen LogP contribution in [0.5, 0.6) is 0 Å². The van der Waals surface area contributed by atoms with Gasteiger partial charge in [0.05, 0.1) is 11.8 Å². The van der Waals surface area contributed by atoms with Crippen LogP contribution in [0.3, 0.4) is 0 Å². The largest absolute Gasteiger partial charge is 0.342 e. The van der Waals surface area contributed by atoms with Crippen molar-refractivity contribution in [1.29, 1.82) is 0 Å². The molecule has 35 heavy (non-hydrogen) atoms. The van der Waals surface area contributed by atoms with Crippen LogP contribution >= 0.6 is 11.8 Å². The maximum absolute atomic E-state index is 13.2. The van der Waals surface area contributed by atoms with Gasteiger partial charge in [-0.05, 0) is 61.6 Å². The van der Waals surface area contributed by atoms with Crippen molar-refractivity contribution in [2.75, 3.05) is 11.1 Å². The Morgan fingerprint density at radius 3 is 2.43 bits per heavy atom. The maximum Gasteiger partial charge on any atom is 0.251 e. The molecule has 186 valence electrons. The molecule has 1 atom stereocenters. The highest BCUT2D eigenvalue weighted by molar-refractivity contribution is 7.99. The number of aromatic nitrogens is 3. The van der Waals surface area contributed by atoms with Gasteiger partial charge in [0.25, 0.3) is 5.91 Å². The van der Waals surface area contributed by atoms with Crippen LogP contribution in [-0.2, 0) is 17.8 Å². The minimum atomic E-state index is -0.401. The van der Waals surface area contributed by atoms with Crippen LogP contribution in [0.25, 0.3) is 0 Å². The van der Waals surface area contributed by atoms with Gasteiger partial charge in [-0.15, -0.1) is 10.2 Å². The van der Waals surface area contributed by atoms with Crippen LogP contribution in [0.15, 0.2) is 47.6 Å². The molecule has 2 amide bonds. The molecule has 0 saturated carbocycles. The summed E-state index contributed by atoms with van der Waals surface area (Å²) in [5.74, 6) is 0.0108. The molecular weight excluding hydrogens is 465 g/mol. The lowest BCUT2D eigenvalue weighted by molar-refractivity contribution is -0.113. The molecular formula is C26H32FN5O2S. The summed E-state index contributed by atoms with van der Waals surface area (Å²) >= 11 is 1.31. The number of nitrogens with zero attached hydrogens (tertiary/aromatic N) is 3. The first kappa shape index (κ1) is 26.4. The van der Waals surface area contributed by atoms with Crippen molar-refractivity contribution in [3.63, 3.8) is 0 Å². The quantitative estimate of drug-likeness (QED) is 0.378. The first-order valence-corrected chi connectivity index (χ1v) is 12.7. The van der Waals surface area contributed by atoms with Crippen LogP contribution in [0.1, 0.15) is 61.0 Å². The number of nitrogens with one attached hydrogen (secondary N) is 2. The lowest BCUT2D eigenvalue weighted by Crippen LogP contribution is -2.33. The molecule has 1 heterocycles. The second-order valence-electron chi connectivity index (χ2n) is 8.59. The Labute approximate surface area is 209 Å². The van der Waals surface area contributed by atoms with Gasteiger partial charge >= 0.3 is 0 Å². The predicted octanol–water partition coefficient (Wildman–Crippen LogP) is 5.17. The zero-order valence-corrected chi connectivity index (χ0v) is 21.6. The number of amides is 2. The topological polar surface area (TPSA) is 88.9 Å². The number of halogens is 1. The van der Waals surface area contributed by atoms with E-state index >= 15 is 0 Å². The highest BCUT2D eigenvalue weighted by Crippen LogP contribution is 2.26. The van der Waals surface area contributed by atoms with Gasteiger partial charge in [0.1, 0.15) is 5.82 Å². The summed E-state index contributed by atoms with van der Waals surface area (Å²) in [4.78, 5) is 25.5. The van der Waals surface area contributed by atoms with Gasteiger partial charge in [0.15, 0.2) is 11.0 Å². The molecule has 0 saturated heterocycles. The molecule has 0 aliphatic rings. The van der Waals surface area contributed by atoms with E-state index in [0.29, 0.717) is 23.1 Å². The molecule has 0 fully saturated rings. The Kier molecular flexibility index (Phi) is 9.03. The lowest BCUT2D eigenvalue weighted by atomic mass is 10.0. The van der Waals surface area contributed by atoms with Crippen LogP contribution in [0.4, 0.5) is 10.1 Å². The van der Waals surface area contributed by atoms with E-state index in [2.05, 4.69) is 27.8 Å². The van der Waals surface area contributed by atoms with Crippen molar-refractivity contribution in [2.45, 2.75) is 58.8 Å². The summed E-state index contributed by atoms with van der Waals surface area (Å²) in [6, 6.07) is 11.0. The fourth-order valence-electron chi connectivity index (χ4n) is 3.80. The third kappa shape index (κ3) is 6.48. The Morgan fingerprint density at radius 1 is 1.09 bits per heavy atom. The van der Waals surface area contributed by atoms with Gasteiger partial charge in [-0.3, -0.25) is 9.59 Å². The first-order chi connectivity index (χ1) is 16.7. The van der Waals surface area contributed by atoms with Crippen LogP contribution in [-0.4, -0.2) is 32.3 Å². The van der Waals surface area contributed by atoms with E-state index in [1.165, 1.54) is 36.0 Å². The smallest absolute Gasteiger partial charge is 0.251 e. The summed E-state index contributed by atoms with van der Waals surface area (Å²) in [6.07, 6.45) is 0.832. The Morgan fingerprint density at radius 2 is 1.80 bits per heavy atom. The standard InChI is InChI=1S/C26H32FN5O2S/c1-6-18-10-8-9-17(5)23(18)28-21(33)15-35-26-31-30-24(32(26)7-2)22(16(3)4)29-25(34)19-11-13-20(27)14-12-19/h8-14,16,22H,6-7,15H2,1-5H3,(H,28,33)(H,29,34)/t22-/m1/s1. The van der Waals surface area contributed by atoms with E-state index in [-0.39, 0.29) is 23.5 Å². The van der Waals surface area contributed by atoms with Crippen molar-refractivity contribution >= 4 is 29.3 Å². The molecule has 0 unspecified atom stereocenters. The molecule has 0 aliphatic heterocycles. The van der Waals surface area contributed by atoms with Gasteiger partial charge in [0.2, 0.25) is 5.91 Å². The minimum Gasteiger partial charge on any atom is -0.342 e. The molecule has 1 aromatic heterocycles. The van der Waals surface area contributed by atoms with Crippen LogP contribution < -0.4 is 10.6 Å². The van der Waals surface area contributed by atoms with Crippen molar-refractivity contribution in [1.82, 2.24) is 20.1 Å². The van der Waals surface area contributed by atoms with Gasteiger partial charge < -0.3 is 15.2 Å². The van der Waals surface area contributed by atoms with E-state index in [1.807, 2.05) is 50.5 Å². The number of carbonyl (C=O) groups is 2. The Bertz CT molecular complexity index is 1180. The van der Waals surface area contributed by atoms with Crippen molar-refractivity contribution < 1.29 is 14.0 Å². The molecule has 0 aliphatic carbocycles. The summed E-state index contributed by atoms with van der Waals surface area (Å²) in [5, 5.41) is 15.3. The molecule has 2 N–H and O–H groups in total. The molecule has 3 aromatic rings. The summed E-state index contributed by atoms with van der Waals surface area (Å²) in [7, 11) is 0. The van der Waals surface area contributed by atoms with Gasteiger partial charge in [0, 0.05) is 17.8 Å². The van der Waals surface area contributed by atoms with E-state index in [4.69, 9.17) is 0 Å². The third-order valence-electron chi connectivity index (χ3n) is 5.74. The lowest BCUT2D eigenvalue weighted by Gasteiger charge is -2.22. The number of rotatable bonds is 10. The van der Waals surface area contributed by atoms with Crippen LogP contribution in [0.2, 0.25) is 0 Å². The first-order valence-electron chi connectivity index (χ1n) is 11.8. The highest BCUT2D eigenvalue weighted by atomic mass is 32.2. The van der Waals surface area contributed by atoms with Crippen molar-refractivity contribution in [2.24, 2.45) is 5.92 Å². The van der Waals surface area contributed by atoms with E-state index in [9.17, 15) is 14.0 Å². The minimum absolute atomic E-state index is 0.0311. The summed E-state index contributed by atoms with van der Waals surface area (Å²) < 4.78 is 15.1. The molecule has 0 bridgehead atoms. The van der Waals surface area contributed by atoms with Gasteiger partial charge in [-0.2, -0.15) is 0 Å². The normalized spacial score (nSPS) is 12.0. The van der Waals surface area contributed by atoms with E-state index < -0.39 is 11.9 Å². The number of thioether (sulfide) groups is 1. The monoisotopic (exact) mass is 497 g/mol. The second kappa shape index (κ2) is 12.0. The number of hydrogen-bond donors (Lipinski definition) is 2. The summed E-state index contributed by atoms with van der Waals surface area (Å²) in [5.41, 5.74) is 3.35. The molecule has 3 rings (SSSR count). The SMILES string of the molecule is CCc1cccc(C)c1NC(=O)CSc1nnc([C@H](NC(=O)c2ccc(F)cc2)C(C)C)n1CC. The number of anilines is 1. The Balaban J connectivity index is 1.73. The second-order valence-corrected chi connectivity index (χ2v) is 9.53. The number of benzene rings is 2. The summed E-state index contributed by atoms with van der Waals surface area (Å²) in [6.45, 7) is 10.6. The van der Waals surface area contributed by atoms with E-state index in [1.54, 1.807) is 0 Å². The molecule has 7 nitrogen and oxygen atoms in total. The predicted molar refractivity (Wildman–Crippen MR) is 137 cm³/mol. The fourth-order valence-corrected chi connectivity index (χ4v) is 4.61. The Hall–Kier alpha value is -3.20. The average Bonchev–Trinajstić information content (AvgIpc) is 3.25. The molecule has 0 spiro atoms. The van der Waals surface area contributed by atoms with Gasteiger partial charge in [-0.25, -0.2) is 4.39 Å². The number of para-hydroxylation sites is 1. The van der Waals surface area contributed by atoms with E-state index in [0.717, 1.165) is 23.2 Å². The maximum atomic E-state index is 13.2. The number of hydrogen-bond acceptors (Lipinski definition) is 5. The average molecular weight is 498 g/mol. The highest BCUT2D eigenvalue weighted by Gasteiger charge is 2.26. The van der Waals surface area contributed by atoms with Crippen molar-refractivity contribution in [3.05, 3.63) is 70.8 Å². The molecule has 2 aromatic carbocycles. The molecule has 0 radical (unpaired) electrons. The fraction of sp³-hybridized carbons (Fsp3) is 0.385. The zero-order valence-electron chi connectivity index (χ0n) is 20.8. The molecule has 9 heteroatoms. The van der Waals surface area contributed by atoms with Gasteiger partial charge in [-0.1, -0.05) is 50.7 Å². The number of aryl methyl sites for hydroxylation is 2. The van der Waals surface area contributed by atoms with Crippen LogP contribution in [0, 0.1) is 18.7 Å².